The van der Waals surface area contributed by atoms with Crippen molar-refractivity contribution in [2.75, 3.05) is 7.11 Å². The standard InChI is InChI=1S/C12H12N2O3S2/c1-7-9(11(15)16)19-12(14-7)18-6-8-4-3-5-13-10(8)17-2/h3-5H,6H2,1-2H3,(H,15,16). The fraction of sp³-hybridized carbons (Fsp3) is 0.250. The topological polar surface area (TPSA) is 72.3 Å². The highest BCUT2D eigenvalue weighted by atomic mass is 32.2. The van der Waals surface area contributed by atoms with Gasteiger partial charge in [0.2, 0.25) is 5.88 Å². The van der Waals surface area contributed by atoms with E-state index in [9.17, 15) is 4.79 Å². The number of thiazole rings is 1. The molecule has 5 nitrogen and oxygen atoms in total. The van der Waals surface area contributed by atoms with Gasteiger partial charge >= 0.3 is 5.97 Å². The molecular weight excluding hydrogens is 284 g/mol. The summed E-state index contributed by atoms with van der Waals surface area (Å²) in [6, 6.07) is 3.77. The molecule has 0 saturated heterocycles. The summed E-state index contributed by atoms with van der Waals surface area (Å²) in [5.41, 5.74) is 1.51. The minimum absolute atomic E-state index is 0.292. The van der Waals surface area contributed by atoms with Crippen LogP contribution < -0.4 is 4.74 Å². The summed E-state index contributed by atoms with van der Waals surface area (Å²) in [7, 11) is 1.58. The van der Waals surface area contributed by atoms with Gasteiger partial charge in [-0.3, -0.25) is 0 Å². The van der Waals surface area contributed by atoms with E-state index in [4.69, 9.17) is 9.84 Å². The number of hydrogen-bond acceptors (Lipinski definition) is 6. The van der Waals surface area contributed by atoms with E-state index < -0.39 is 5.97 Å². The van der Waals surface area contributed by atoms with Gasteiger partial charge in [-0.15, -0.1) is 11.3 Å². The van der Waals surface area contributed by atoms with Crippen LogP contribution in [0, 0.1) is 6.92 Å². The molecule has 2 aromatic rings. The minimum Gasteiger partial charge on any atom is -0.481 e. The number of carboxylic acids is 1. The van der Waals surface area contributed by atoms with Crippen LogP contribution in [0.1, 0.15) is 20.9 Å². The van der Waals surface area contributed by atoms with Gasteiger partial charge in [-0.2, -0.15) is 0 Å². The van der Waals surface area contributed by atoms with Crippen molar-refractivity contribution >= 4 is 29.1 Å². The van der Waals surface area contributed by atoms with Crippen LogP contribution >= 0.6 is 23.1 Å². The quantitative estimate of drug-likeness (QED) is 0.855. The second-order valence-corrected chi connectivity index (χ2v) is 5.88. The summed E-state index contributed by atoms with van der Waals surface area (Å²) in [5.74, 6) is 0.297. The van der Waals surface area contributed by atoms with Gasteiger partial charge in [0.1, 0.15) is 4.88 Å². The van der Waals surface area contributed by atoms with E-state index in [-0.39, 0.29) is 0 Å². The van der Waals surface area contributed by atoms with Crippen LogP contribution in [0.4, 0.5) is 0 Å². The van der Waals surface area contributed by atoms with Crippen LogP contribution in [0.15, 0.2) is 22.7 Å². The number of aryl methyl sites for hydroxylation is 1. The molecule has 1 N–H and O–H groups in total. The first kappa shape index (κ1) is 13.8. The Morgan fingerprint density at radius 1 is 1.58 bits per heavy atom. The summed E-state index contributed by atoms with van der Waals surface area (Å²) in [6.07, 6.45) is 1.67. The Labute approximate surface area is 118 Å². The van der Waals surface area contributed by atoms with Crippen LogP contribution in [-0.2, 0) is 5.75 Å². The molecule has 0 fully saturated rings. The van der Waals surface area contributed by atoms with Crippen molar-refractivity contribution in [1.29, 1.82) is 0 Å². The number of aromatic carboxylic acids is 1. The average molecular weight is 296 g/mol. The van der Waals surface area contributed by atoms with Crippen molar-refractivity contribution in [3.63, 3.8) is 0 Å². The van der Waals surface area contributed by atoms with Gasteiger partial charge in [-0.1, -0.05) is 17.8 Å². The van der Waals surface area contributed by atoms with Gasteiger partial charge in [-0.25, -0.2) is 14.8 Å². The largest absolute Gasteiger partial charge is 0.481 e. The summed E-state index contributed by atoms with van der Waals surface area (Å²) in [5, 5.41) is 8.98. The highest BCUT2D eigenvalue weighted by Crippen LogP contribution is 2.31. The number of rotatable bonds is 5. The molecule has 2 heterocycles. The molecule has 0 aliphatic heterocycles. The molecule has 0 aromatic carbocycles. The van der Waals surface area contributed by atoms with Crippen molar-refractivity contribution in [2.24, 2.45) is 0 Å². The molecule has 7 heteroatoms. The lowest BCUT2D eigenvalue weighted by atomic mass is 10.3. The van der Waals surface area contributed by atoms with Crippen molar-refractivity contribution in [1.82, 2.24) is 9.97 Å². The molecule has 0 atom stereocenters. The monoisotopic (exact) mass is 296 g/mol. The number of methoxy groups -OCH3 is 1. The summed E-state index contributed by atoms with van der Waals surface area (Å²) in [4.78, 5) is 19.6. The predicted octanol–water partition coefficient (Wildman–Crippen LogP) is 2.85. The number of pyridine rings is 1. The molecule has 19 heavy (non-hydrogen) atoms. The van der Waals surface area contributed by atoms with Crippen LogP contribution in [-0.4, -0.2) is 28.2 Å². The minimum atomic E-state index is -0.930. The van der Waals surface area contributed by atoms with Gasteiger partial charge in [0.25, 0.3) is 0 Å². The molecule has 0 amide bonds. The van der Waals surface area contributed by atoms with Crippen molar-refractivity contribution in [3.05, 3.63) is 34.5 Å². The fourth-order valence-electron chi connectivity index (χ4n) is 1.49. The van der Waals surface area contributed by atoms with Crippen molar-refractivity contribution in [2.45, 2.75) is 17.0 Å². The fourth-order valence-corrected chi connectivity index (χ4v) is 3.49. The van der Waals surface area contributed by atoms with E-state index in [0.717, 1.165) is 9.90 Å². The predicted molar refractivity (Wildman–Crippen MR) is 74.2 cm³/mol. The number of carboxylic acid groups (broad SMARTS) is 1. The number of carbonyl (C=O) groups is 1. The zero-order valence-corrected chi connectivity index (χ0v) is 12.0. The molecule has 0 unspecified atom stereocenters. The number of aromatic nitrogens is 2. The Morgan fingerprint density at radius 3 is 3.00 bits per heavy atom. The van der Waals surface area contributed by atoms with Crippen LogP contribution in [0.5, 0.6) is 5.88 Å². The molecule has 2 aromatic heterocycles. The highest BCUT2D eigenvalue weighted by Gasteiger charge is 2.14. The smallest absolute Gasteiger partial charge is 0.347 e. The van der Waals surface area contributed by atoms with Gasteiger partial charge in [0.15, 0.2) is 4.34 Å². The Kier molecular flexibility index (Phi) is 4.39. The van der Waals surface area contributed by atoms with E-state index in [1.807, 2.05) is 12.1 Å². The SMILES string of the molecule is COc1ncccc1CSc1nc(C)c(C(=O)O)s1. The zero-order valence-electron chi connectivity index (χ0n) is 10.4. The van der Waals surface area contributed by atoms with E-state index >= 15 is 0 Å². The molecular formula is C12H12N2O3S2. The maximum Gasteiger partial charge on any atom is 0.347 e. The lowest BCUT2D eigenvalue weighted by molar-refractivity contribution is 0.0701. The lowest BCUT2D eigenvalue weighted by Gasteiger charge is -2.04. The number of thioether (sulfide) groups is 1. The van der Waals surface area contributed by atoms with Crippen molar-refractivity contribution < 1.29 is 14.6 Å². The molecule has 0 bridgehead atoms. The Hall–Kier alpha value is -1.60. The molecule has 0 saturated carbocycles. The third-order valence-corrected chi connectivity index (χ3v) is 4.70. The van der Waals surface area contributed by atoms with E-state index in [2.05, 4.69) is 9.97 Å². The normalized spacial score (nSPS) is 10.4. The van der Waals surface area contributed by atoms with Gasteiger partial charge in [-0.05, 0) is 13.0 Å². The average Bonchev–Trinajstić information content (AvgIpc) is 2.78. The van der Waals surface area contributed by atoms with E-state index in [0.29, 0.717) is 22.2 Å². The lowest BCUT2D eigenvalue weighted by Crippen LogP contribution is -1.94. The zero-order chi connectivity index (χ0) is 13.8. The van der Waals surface area contributed by atoms with Gasteiger partial charge < -0.3 is 9.84 Å². The number of ether oxygens (including phenoxy) is 1. The first-order chi connectivity index (χ1) is 9.11. The van der Waals surface area contributed by atoms with Gasteiger partial charge in [0.05, 0.1) is 12.8 Å². The number of nitrogens with zero attached hydrogens (tertiary/aromatic N) is 2. The molecule has 100 valence electrons. The third-order valence-electron chi connectivity index (χ3n) is 2.37. The number of hydrogen-bond donors (Lipinski definition) is 1. The molecule has 0 radical (unpaired) electrons. The van der Waals surface area contributed by atoms with Crippen LogP contribution in [0.2, 0.25) is 0 Å². The second kappa shape index (κ2) is 6.03. The van der Waals surface area contributed by atoms with Crippen LogP contribution in [0.3, 0.4) is 0 Å². The Balaban J connectivity index is 2.10. The molecule has 0 spiro atoms. The van der Waals surface area contributed by atoms with E-state index in [1.54, 1.807) is 20.2 Å². The van der Waals surface area contributed by atoms with Crippen LogP contribution in [0.25, 0.3) is 0 Å². The molecule has 2 rings (SSSR count). The summed E-state index contributed by atoms with van der Waals surface area (Å²) >= 11 is 2.67. The molecule has 0 aliphatic rings. The first-order valence-corrected chi connectivity index (χ1v) is 7.23. The maximum absolute atomic E-state index is 10.9. The molecule has 0 aliphatic carbocycles. The summed E-state index contributed by atoms with van der Waals surface area (Å²) < 4.78 is 5.90. The van der Waals surface area contributed by atoms with E-state index in [1.165, 1.54) is 23.1 Å². The van der Waals surface area contributed by atoms with Gasteiger partial charge in [0, 0.05) is 17.5 Å². The third kappa shape index (κ3) is 3.24. The first-order valence-electron chi connectivity index (χ1n) is 5.43. The van der Waals surface area contributed by atoms with Crippen molar-refractivity contribution in [3.8, 4) is 5.88 Å². The second-order valence-electron chi connectivity index (χ2n) is 3.66. The maximum atomic E-state index is 10.9. The Bertz CT molecular complexity index is 598. The Morgan fingerprint density at radius 2 is 2.37 bits per heavy atom. The highest BCUT2D eigenvalue weighted by molar-refractivity contribution is 8.00. The summed E-state index contributed by atoms with van der Waals surface area (Å²) in [6.45, 7) is 1.70.